The summed E-state index contributed by atoms with van der Waals surface area (Å²) in [4.78, 5) is 10.3. The topological polar surface area (TPSA) is 48.2 Å². The lowest BCUT2D eigenvalue weighted by atomic mass is 9.65. The third-order valence-electron chi connectivity index (χ3n) is 10.6. The van der Waals surface area contributed by atoms with Crippen molar-refractivity contribution in [2.45, 2.75) is 5.41 Å². The summed E-state index contributed by atoms with van der Waals surface area (Å²) >= 11 is 0. The Bertz CT molecular complexity index is 2780. The molecule has 3 heterocycles. The highest BCUT2D eigenvalue weighted by molar-refractivity contribution is 6.08. The number of benzene rings is 7. The molecule has 11 rings (SSSR count). The van der Waals surface area contributed by atoms with E-state index in [2.05, 4.69) is 121 Å². The van der Waals surface area contributed by atoms with Gasteiger partial charge in [0.2, 0.25) is 0 Å². The molecule has 238 valence electrons. The minimum absolute atomic E-state index is 0.643. The number of aromatic nitrogens is 2. The highest BCUT2D eigenvalue weighted by Crippen LogP contribution is 2.63. The van der Waals surface area contributed by atoms with Gasteiger partial charge < -0.3 is 9.15 Å². The average molecular weight is 653 g/mol. The fourth-order valence-electron chi connectivity index (χ4n) is 8.34. The lowest BCUT2D eigenvalue weighted by Crippen LogP contribution is -2.32. The Hall–Kier alpha value is -6.78. The number of hydrogen-bond acceptors (Lipinski definition) is 4. The Morgan fingerprint density at radius 1 is 0.392 bits per heavy atom. The first kappa shape index (κ1) is 28.1. The molecule has 2 aliphatic rings. The molecule has 9 aromatic rings. The Kier molecular flexibility index (Phi) is 5.84. The maximum atomic E-state index is 6.76. The van der Waals surface area contributed by atoms with Gasteiger partial charge in [-0.1, -0.05) is 121 Å². The largest absolute Gasteiger partial charge is 0.457 e. The van der Waals surface area contributed by atoms with Gasteiger partial charge in [-0.25, -0.2) is 9.97 Å². The Labute approximate surface area is 294 Å². The molecule has 0 saturated heterocycles. The smallest absolute Gasteiger partial charge is 0.160 e. The summed E-state index contributed by atoms with van der Waals surface area (Å²) in [6, 6.07) is 59.3. The predicted octanol–water partition coefficient (Wildman–Crippen LogP) is 11.8. The van der Waals surface area contributed by atoms with Crippen molar-refractivity contribution in [3.05, 3.63) is 192 Å². The number of nitrogens with zero attached hydrogens (tertiary/aromatic N) is 2. The highest BCUT2D eigenvalue weighted by Gasteiger charge is 2.51. The van der Waals surface area contributed by atoms with Gasteiger partial charge >= 0.3 is 0 Å². The molecule has 7 aromatic carbocycles. The first-order valence-corrected chi connectivity index (χ1v) is 17.2. The van der Waals surface area contributed by atoms with E-state index < -0.39 is 5.41 Å². The van der Waals surface area contributed by atoms with Crippen LogP contribution < -0.4 is 4.74 Å². The maximum Gasteiger partial charge on any atom is 0.160 e. The van der Waals surface area contributed by atoms with E-state index in [1.807, 2.05) is 48.5 Å². The standard InChI is InChI=1S/C47H28N2O2/c1-3-13-29(14-4-1)40-28-41(49-46(48-40)30-15-5-2-6-16-30)31-23-24-44-39(25-31)47(37-20-10-12-22-43(37)51-44)36-19-9-7-17-32(36)34-27-45-35(26-38(34)47)33-18-8-11-21-42(33)50-45/h1-28H. The number of hydrogen-bond donors (Lipinski definition) is 0. The molecule has 0 N–H and O–H groups in total. The number of rotatable bonds is 3. The molecule has 0 saturated carbocycles. The van der Waals surface area contributed by atoms with E-state index in [0.29, 0.717) is 5.82 Å². The van der Waals surface area contributed by atoms with Crippen molar-refractivity contribution >= 4 is 21.9 Å². The van der Waals surface area contributed by atoms with Crippen LogP contribution in [0, 0.1) is 0 Å². The molecule has 1 unspecified atom stereocenters. The van der Waals surface area contributed by atoms with Crippen LogP contribution in [0.5, 0.6) is 11.5 Å². The van der Waals surface area contributed by atoms with Crippen LogP contribution in [0.25, 0.3) is 67.0 Å². The Balaban J connectivity index is 1.21. The predicted molar refractivity (Wildman–Crippen MR) is 203 cm³/mol. The molecule has 51 heavy (non-hydrogen) atoms. The van der Waals surface area contributed by atoms with E-state index in [4.69, 9.17) is 19.1 Å². The number of ether oxygens (including phenoxy) is 1. The van der Waals surface area contributed by atoms with Gasteiger partial charge in [0.15, 0.2) is 5.82 Å². The summed E-state index contributed by atoms with van der Waals surface area (Å²) in [6.07, 6.45) is 0. The van der Waals surface area contributed by atoms with Crippen molar-refractivity contribution in [1.82, 2.24) is 9.97 Å². The van der Waals surface area contributed by atoms with Crippen LogP contribution >= 0.6 is 0 Å². The molecule has 1 aliphatic heterocycles. The fraction of sp³-hybridized carbons (Fsp3) is 0.0213. The van der Waals surface area contributed by atoms with Crippen LogP contribution in [0.15, 0.2) is 174 Å². The SMILES string of the molecule is c1ccc(-c2cc(-c3ccc4c(c3)C3(c5ccccc5O4)c4ccccc4-c4cc5oc6ccccc6c5cc43)nc(-c3ccccc3)n2)cc1. The fourth-order valence-corrected chi connectivity index (χ4v) is 8.34. The van der Waals surface area contributed by atoms with Crippen molar-refractivity contribution in [2.24, 2.45) is 0 Å². The van der Waals surface area contributed by atoms with Crippen LogP contribution in [0.3, 0.4) is 0 Å². The molecular weight excluding hydrogens is 625 g/mol. The summed E-state index contributed by atoms with van der Waals surface area (Å²) < 4.78 is 13.2. The van der Waals surface area contributed by atoms with Gasteiger partial charge in [0.1, 0.15) is 22.7 Å². The van der Waals surface area contributed by atoms with Crippen LogP contribution in [0.2, 0.25) is 0 Å². The van der Waals surface area contributed by atoms with Gasteiger partial charge in [0, 0.05) is 38.6 Å². The molecule has 1 aliphatic carbocycles. The van der Waals surface area contributed by atoms with E-state index in [0.717, 1.165) is 72.6 Å². The normalized spacial score (nSPS) is 15.3. The van der Waals surface area contributed by atoms with Crippen molar-refractivity contribution < 1.29 is 9.15 Å². The second kappa shape index (κ2) is 10.6. The molecule has 0 fully saturated rings. The third-order valence-corrected chi connectivity index (χ3v) is 10.6. The molecule has 0 radical (unpaired) electrons. The molecule has 4 nitrogen and oxygen atoms in total. The molecule has 0 bridgehead atoms. The van der Waals surface area contributed by atoms with Gasteiger partial charge in [0.05, 0.1) is 16.8 Å². The lowest BCUT2D eigenvalue weighted by Gasteiger charge is -2.39. The van der Waals surface area contributed by atoms with Crippen molar-refractivity contribution in [1.29, 1.82) is 0 Å². The summed E-state index contributed by atoms with van der Waals surface area (Å²) in [5.74, 6) is 2.38. The second-order valence-corrected chi connectivity index (χ2v) is 13.3. The Morgan fingerprint density at radius 3 is 1.90 bits per heavy atom. The van der Waals surface area contributed by atoms with Crippen molar-refractivity contribution in [2.75, 3.05) is 0 Å². The van der Waals surface area contributed by atoms with E-state index in [9.17, 15) is 0 Å². The molecule has 4 heteroatoms. The van der Waals surface area contributed by atoms with Gasteiger partial charge in [-0.2, -0.15) is 0 Å². The van der Waals surface area contributed by atoms with Gasteiger partial charge in [-0.3, -0.25) is 0 Å². The number of para-hydroxylation sites is 2. The summed E-state index contributed by atoms with van der Waals surface area (Å²) in [5.41, 5.74) is 12.9. The minimum atomic E-state index is -0.643. The summed E-state index contributed by atoms with van der Waals surface area (Å²) in [7, 11) is 0. The first-order valence-electron chi connectivity index (χ1n) is 17.2. The Morgan fingerprint density at radius 2 is 1.06 bits per heavy atom. The second-order valence-electron chi connectivity index (χ2n) is 13.3. The summed E-state index contributed by atoms with van der Waals surface area (Å²) in [6.45, 7) is 0. The third kappa shape index (κ3) is 4.02. The highest BCUT2D eigenvalue weighted by atomic mass is 16.5. The zero-order valence-corrected chi connectivity index (χ0v) is 27.4. The maximum absolute atomic E-state index is 6.76. The average Bonchev–Trinajstić information content (AvgIpc) is 3.70. The molecule has 2 aromatic heterocycles. The van der Waals surface area contributed by atoms with E-state index in [1.165, 1.54) is 22.3 Å². The van der Waals surface area contributed by atoms with Crippen LogP contribution in [-0.2, 0) is 5.41 Å². The van der Waals surface area contributed by atoms with E-state index in [1.54, 1.807) is 0 Å². The molecule has 0 amide bonds. The molecular formula is C47H28N2O2. The van der Waals surface area contributed by atoms with Gasteiger partial charge in [-0.15, -0.1) is 0 Å². The first-order chi connectivity index (χ1) is 25.3. The lowest BCUT2D eigenvalue weighted by molar-refractivity contribution is 0.436. The summed E-state index contributed by atoms with van der Waals surface area (Å²) in [5, 5.41) is 2.22. The van der Waals surface area contributed by atoms with E-state index in [-0.39, 0.29) is 0 Å². The minimum Gasteiger partial charge on any atom is -0.457 e. The van der Waals surface area contributed by atoms with Crippen molar-refractivity contribution in [3.63, 3.8) is 0 Å². The number of fused-ring (bicyclic) bond motifs is 12. The van der Waals surface area contributed by atoms with Crippen LogP contribution in [0.4, 0.5) is 0 Å². The van der Waals surface area contributed by atoms with Crippen molar-refractivity contribution in [3.8, 4) is 56.5 Å². The van der Waals surface area contributed by atoms with Gasteiger partial charge in [-0.05, 0) is 70.8 Å². The molecule has 1 atom stereocenters. The van der Waals surface area contributed by atoms with E-state index >= 15 is 0 Å². The number of furan rings is 1. The van der Waals surface area contributed by atoms with Crippen LogP contribution in [-0.4, -0.2) is 9.97 Å². The zero-order chi connectivity index (χ0) is 33.5. The quantitative estimate of drug-likeness (QED) is 0.191. The molecule has 1 spiro atoms. The zero-order valence-electron chi connectivity index (χ0n) is 27.4. The van der Waals surface area contributed by atoms with Crippen LogP contribution in [0.1, 0.15) is 22.3 Å². The monoisotopic (exact) mass is 652 g/mol. The van der Waals surface area contributed by atoms with Gasteiger partial charge in [0.25, 0.3) is 0 Å².